The smallest absolute Gasteiger partial charge is 0.0727 e. The van der Waals surface area contributed by atoms with Crippen LogP contribution in [0.5, 0.6) is 0 Å². The van der Waals surface area contributed by atoms with Crippen molar-refractivity contribution in [2.24, 2.45) is 0 Å². The molecule has 0 N–H and O–H groups in total. The van der Waals surface area contributed by atoms with Crippen molar-refractivity contribution in [1.82, 2.24) is 4.57 Å². The minimum atomic E-state index is 1.20. The summed E-state index contributed by atoms with van der Waals surface area (Å²) in [4.78, 5) is 0. The number of fused-ring (bicyclic) bond motifs is 8. The third kappa shape index (κ3) is 3.46. The van der Waals surface area contributed by atoms with E-state index >= 15 is 0 Å². The van der Waals surface area contributed by atoms with Gasteiger partial charge in [0.05, 0.1) is 15.7 Å². The van der Waals surface area contributed by atoms with Crippen molar-refractivity contribution in [1.29, 1.82) is 0 Å². The summed E-state index contributed by atoms with van der Waals surface area (Å²) in [5, 5.41) is 5.30. The van der Waals surface area contributed by atoms with Gasteiger partial charge in [-0.1, -0.05) is 103 Å². The molecule has 0 radical (unpaired) electrons. The highest BCUT2D eigenvalue weighted by atomic mass is 32.1. The highest BCUT2D eigenvalue weighted by Crippen LogP contribution is 2.44. The van der Waals surface area contributed by atoms with Crippen LogP contribution in [0.4, 0.5) is 0 Å². The Morgan fingerprint density at radius 1 is 0.415 bits per heavy atom. The number of benzene rings is 6. The highest BCUT2D eigenvalue weighted by molar-refractivity contribution is 7.27. The van der Waals surface area contributed by atoms with Gasteiger partial charge in [0, 0.05) is 41.3 Å². The standard InChI is InChI=1S/C38H23NS2/c1-2-9-27(10-3-1)39-33-15-6-4-12-31(33)38-36(39)32-23-26(21-22-35(32)41-38)24-17-19-25(20-18-24)28-13-8-14-30-29-11-5-7-16-34(29)40-37(28)30/h1-23H. The van der Waals surface area contributed by atoms with Crippen molar-refractivity contribution in [3.8, 4) is 27.9 Å². The van der Waals surface area contributed by atoms with E-state index in [4.69, 9.17) is 0 Å². The van der Waals surface area contributed by atoms with Gasteiger partial charge in [0.1, 0.15) is 0 Å². The Bertz CT molecular complexity index is 2400. The maximum atomic E-state index is 2.43. The molecule has 0 amide bonds. The highest BCUT2D eigenvalue weighted by Gasteiger charge is 2.18. The molecular weight excluding hydrogens is 535 g/mol. The summed E-state index contributed by atoms with van der Waals surface area (Å²) in [6.45, 7) is 0. The van der Waals surface area contributed by atoms with Crippen molar-refractivity contribution in [2.45, 2.75) is 0 Å². The minimum Gasteiger partial charge on any atom is -0.308 e. The molecule has 0 aliphatic heterocycles. The Balaban J connectivity index is 1.20. The zero-order valence-corrected chi connectivity index (χ0v) is 23.7. The Labute approximate surface area is 245 Å². The second kappa shape index (κ2) is 8.90. The van der Waals surface area contributed by atoms with E-state index < -0.39 is 0 Å². The second-order valence-electron chi connectivity index (χ2n) is 10.5. The van der Waals surface area contributed by atoms with Crippen molar-refractivity contribution in [3.63, 3.8) is 0 Å². The van der Waals surface area contributed by atoms with Gasteiger partial charge in [0.25, 0.3) is 0 Å². The normalized spacial score (nSPS) is 11.9. The van der Waals surface area contributed by atoms with Gasteiger partial charge in [0.15, 0.2) is 0 Å². The Morgan fingerprint density at radius 2 is 1.07 bits per heavy atom. The summed E-state index contributed by atoms with van der Waals surface area (Å²) < 4.78 is 7.81. The molecule has 0 aliphatic rings. The van der Waals surface area contributed by atoms with Crippen LogP contribution in [0.1, 0.15) is 0 Å². The zero-order valence-electron chi connectivity index (χ0n) is 22.0. The zero-order chi connectivity index (χ0) is 26.9. The van der Waals surface area contributed by atoms with Crippen LogP contribution in [-0.2, 0) is 0 Å². The fourth-order valence-corrected chi connectivity index (χ4v) is 8.75. The van der Waals surface area contributed by atoms with E-state index in [0.29, 0.717) is 0 Å². The topological polar surface area (TPSA) is 4.93 Å². The molecular formula is C38H23NS2. The molecule has 0 saturated heterocycles. The number of thiophene rings is 2. The fourth-order valence-electron chi connectivity index (χ4n) is 6.31. The van der Waals surface area contributed by atoms with E-state index in [9.17, 15) is 0 Å². The quantitative estimate of drug-likeness (QED) is 0.204. The Morgan fingerprint density at radius 3 is 1.95 bits per heavy atom. The molecule has 1 nitrogen and oxygen atoms in total. The largest absolute Gasteiger partial charge is 0.308 e. The molecule has 41 heavy (non-hydrogen) atoms. The molecule has 0 fully saturated rings. The van der Waals surface area contributed by atoms with E-state index in [0.717, 1.165) is 0 Å². The van der Waals surface area contributed by atoms with Gasteiger partial charge in [-0.25, -0.2) is 0 Å². The molecule has 0 saturated carbocycles. The average Bonchev–Trinajstić information content (AvgIpc) is 3.70. The minimum absolute atomic E-state index is 1.20. The lowest BCUT2D eigenvalue weighted by Gasteiger charge is -2.09. The molecule has 0 aliphatic carbocycles. The monoisotopic (exact) mass is 557 g/mol. The van der Waals surface area contributed by atoms with Gasteiger partial charge in [-0.2, -0.15) is 0 Å². The van der Waals surface area contributed by atoms with Gasteiger partial charge in [-0.3, -0.25) is 0 Å². The molecule has 0 bridgehead atoms. The molecule has 192 valence electrons. The average molecular weight is 558 g/mol. The second-order valence-corrected chi connectivity index (χ2v) is 12.6. The van der Waals surface area contributed by atoms with E-state index in [1.807, 2.05) is 22.7 Å². The van der Waals surface area contributed by atoms with Crippen LogP contribution in [0.2, 0.25) is 0 Å². The summed E-state index contributed by atoms with van der Waals surface area (Å²) in [5.41, 5.74) is 8.80. The SMILES string of the molecule is c1ccc(-n2c3ccccc3c3sc4ccc(-c5ccc(-c6cccc7c6sc6ccccc67)cc5)cc4c32)cc1. The maximum absolute atomic E-state index is 2.43. The predicted octanol–water partition coefficient (Wildman–Crippen LogP) is 11.7. The first-order valence-electron chi connectivity index (χ1n) is 13.9. The van der Waals surface area contributed by atoms with Crippen molar-refractivity contribution >= 4 is 74.1 Å². The third-order valence-corrected chi connectivity index (χ3v) is 10.6. The van der Waals surface area contributed by atoms with E-state index in [2.05, 4.69) is 144 Å². The Kier molecular flexibility index (Phi) is 5.00. The van der Waals surface area contributed by atoms with Gasteiger partial charge >= 0.3 is 0 Å². The summed E-state index contributed by atoms with van der Waals surface area (Å²) >= 11 is 3.78. The molecule has 3 heterocycles. The van der Waals surface area contributed by atoms with Crippen LogP contribution < -0.4 is 0 Å². The molecule has 9 rings (SSSR count). The van der Waals surface area contributed by atoms with Crippen LogP contribution in [0.25, 0.3) is 79.3 Å². The summed E-state index contributed by atoms with van der Waals surface area (Å²) in [6, 6.07) is 51.0. The van der Waals surface area contributed by atoms with Crippen LogP contribution >= 0.6 is 22.7 Å². The molecule has 6 aromatic carbocycles. The summed E-state index contributed by atoms with van der Waals surface area (Å²) in [6.07, 6.45) is 0. The van der Waals surface area contributed by atoms with Crippen molar-refractivity contribution < 1.29 is 0 Å². The third-order valence-electron chi connectivity index (χ3n) is 8.22. The van der Waals surface area contributed by atoms with Crippen molar-refractivity contribution in [3.05, 3.63) is 140 Å². The first-order chi connectivity index (χ1) is 20.3. The Hall–Kier alpha value is -4.70. The summed E-state index contributed by atoms with van der Waals surface area (Å²) in [5.74, 6) is 0. The number of rotatable bonds is 3. The first kappa shape index (κ1) is 23.0. The predicted molar refractivity (Wildman–Crippen MR) is 180 cm³/mol. The fraction of sp³-hybridized carbons (Fsp3) is 0. The molecule has 0 spiro atoms. The van der Waals surface area contributed by atoms with Gasteiger partial charge in [-0.05, 0) is 58.7 Å². The number of para-hydroxylation sites is 2. The lowest BCUT2D eigenvalue weighted by molar-refractivity contribution is 1.19. The number of aromatic nitrogens is 1. The van der Waals surface area contributed by atoms with E-state index in [-0.39, 0.29) is 0 Å². The van der Waals surface area contributed by atoms with Crippen LogP contribution in [0.3, 0.4) is 0 Å². The summed E-state index contributed by atoms with van der Waals surface area (Å²) in [7, 11) is 0. The van der Waals surface area contributed by atoms with Gasteiger partial charge in [-0.15, -0.1) is 22.7 Å². The molecule has 3 heteroatoms. The number of hydrogen-bond donors (Lipinski definition) is 0. The number of nitrogens with zero attached hydrogens (tertiary/aromatic N) is 1. The van der Waals surface area contributed by atoms with E-state index in [1.165, 1.54) is 79.3 Å². The molecule has 0 atom stereocenters. The van der Waals surface area contributed by atoms with E-state index in [1.54, 1.807) is 0 Å². The van der Waals surface area contributed by atoms with Crippen LogP contribution in [0, 0.1) is 0 Å². The van der Waals surface area contributed by atoms with Gasteiger partial charge < -0.3 is 4.57 Å². The van der Waals surface area contributed by atoms with Gasteiger partial charge in [0.2, 0.25) is 0 Å². The molecule has 0 unspecified atom stereocenters. The lowest BCUT2D eigenvalue weighted by Crippen LogP contribution is -1.92. The molecule has 9 aromatic rings. The van der Waals surface area contributed by atoms with Crippen LogP contribution in [-0.4, -0.2) is 4.57 Å². The maximum Gasteiger partial charge on any atom is 0.0727 e. The number of hydrogen-bond acceptors (Lipinski definition) is 2. The molecule has 3 aromatic heterocycles. The van der Waals surface area contributed by atoms with Crippen LogP contribution in [0.15, 0.2) is 140 Å². The van der Waals surface area contributed by atoms with Crippen molar-refractivity contribution in [2.75, 3.05) is 0 Å². The first-order valence-corrected chi connectivity index (χ1v) is 15.5. The lowest BCUT2D eigenvalue weighted by atomic mass is 9.98.